The molecule has 0 spiro atoms. The number of carbonyl (C=O) groups is 1. The summed E-state index contributed by atoms with van der Waals surface area (Å²) in [6.07, 6.45) is 6.24. The number of hydrogen-bond acceptors (Lipinski definition) is 3. The van der Waals surface area contributed by atoms with Crippen molar-refractivity contribution in [2.24, 2.45) is 0 Å². The molecule has 0 aromatic heterocycles. The van der Waals surface area contributed by atoms with Crippen LogP contribution in [0.2, 0.25) is 0 Å². The Hall–Kier alpha value is -0.670. The summed E-state index contributed by atoms with van der Waals surface area (Å²) >= 11 is 0. The second-order valence-corrected chi connectivity index (χ2v) is 3.28. The fourth-order valence-corrected chi connectivity index (χ4v) is 0.803. The van der Waals surface area contributed by atoms with Crippen molar-refractivity contribution < 1.29 is 15.0 Å². The van der Waals surface area contributed by atoms with Crippen LogP contribution in [-0.2, 0) is 4.79 Å². The highest BCUT2D eigenvalue weighted by molar-refractivity contribution is 5.73. The predicted molar refractivity (Wildman–Crippen MR) is 46.5 cm³/mol. The molecule has 0 fully saturated rings. The molecular weight excluding hydrogens is 156 g/mol. The third-order valence-electron chi connectivity index (χ3n) is 1.23. The van der Waals surface area contributed by atoms with E-state index in [-0.39, 0.29) is 0 Å². The van der Waals surface area contributed by atoms with Crippen molar-refractivity contribution in [3.63, 3.8) is 0 Å². The van der Waals surface area contributed by atoms with Crippen LogP contribution < -0.4 is 0 Å². The second-order valence-electron chi connectivity index (χ2n) is 3.28. The molecule has 1 aliphatic carbocycles. The van der Waals surface area contributed by atoms with Gasteiger partial charge in [0.25, 0.3) is 0 Å². The van der Waals surface area contributed by atoms with Gasteiger partial charge in [0, 0.05) is 0 Å². The Balaban J connectivity index is 0.000000217. The van der Waals surface area contributed by atoms with Crippen LogP contribution in [0, 0.1) is 0 Å². The lowest BCUT2D eigenvalue weighted by Gasteiger charge is -2.03. The molecule has 1 rings (SSSR count). The lowest BCUT2D eigenvalue weighted by molar-refractivity contribution is -0.127. The smallest absolute Gasteiger partial charge is 0.156 e. The highest BCUT2D eigenvalue weighted by Crippen LogP contribution is 2.14. The Kier molecular flexibility index (Phi) is 4.78. The molecule has 0 aliphatic heterocycles. The van der Waals surface area contributed by atoms with Gasteiger partial charge in [-0.05, 0) is 38.7 Å². The van der Waals surface area contributed by atoms with Crippen LogP contribution in [-0.4, -0.2) is 22.3 Å². The summed E-state index contributed by atoms with van der Waals surface area (Å²) < 4.78 is 0. The van der Waals surface area contributed by atoms with Crippen molar-refractivity contribution in [1.29, 1.82) is 0 Å². The summed E-state index contributed by atoms with van der Waals surface area (Å²) in [5, 5.41) is 16.2. The summed E-state index contributed by atoms with van der Waals surface area (Å²) in [4.78, 5) is 9.94. The predicted octanol–water partition coefficient (Wildman–Crippen LogP) is 1.00. The highest BCUT2D eigenvalue weighted by atomic mass is 16.5. The first-order valence-corrected chi connectivity index (χ1v) is 4.02. The van der Waals surface area contributed by atoms with Gasteiger partial charge in [0.15, 0.2) is 5.79 Å². The lowest BCUT2D eigenvalue weighted by atomic mass is 10.3. The molecule has 0 radical (unpaired) electrons. The lowest BCUT2D eigenvalue weighted by Crippen LogP contribution is -2.15. The van der Waals surface area contributed by atoms with E-state index >= 15 is 0 Å². The maximum atomic E-state index is 9.94. The van der Waals surface area contributed by atoms with Crippen LogP contribution in [0.25, 0.3) is 0 Å². The van der Waals surface area contributed by atoms with E-state index in [0.29, 0.717) is 0 Å². The van der Waals surface area contributed by atoms with E-state index in [4.69, 9.17) is 10.2 Å². The summed E-state index contributed by atoms with van der Waals surface area (Å²) in [7, 11) is 0. The largest absolute Gasteiger partial charge is 0.366 e. The van der Waals surface area contributed by atoms with Gasteiger partial charge in [0.2, 0.25) is 0 Å². The van der Waals surface area contributed by atoms with Gasteiger partial charge in [0.05, 0.1) is 0 Å². The number of carbonyl (C=O) groups excluding carboxylic acids is 1. The number of hydrogen-bond donors (Lipinski definition) is 2. The molecule has 0 saturated heterocycles. The van der Waals surface area contributed by atoms with E-state index in [9.17, 15) is 4.79 Å². The molecule has 3 nitrogen and oxygen atoms in total. The van der Waals surface area contributed by atoms with E-state index in [0.717, 1.165) is 24.7 Å². The van der Waals surface area contributed by atoms with Gasteiger partial charge in [-0.25, -0.2) is 0 Å². The van der Waals surface area contributed by atoms with Crippen molar-refractivity contribution in [1.82, 2.24) is 0 Å². The zero-order valence-corrected chi connectivity index (χ0v) is 7.58. The second kappa shape index (κ2) is 5.06. The zero-order chi connectivity index (χ0) is 9.61. The average Bonchev–Trinajstić information content (AvgIpc) is 2.33. The van der Waals surface area contributed by atoms with Crippen molar-refractivity contribution >= 4 is 6.29 Å². The van der Waals surface area contributed by atoms with Gasteiger partial charge in [-0.1, -0.05) is 6.08 Å². The van der Waals surface area contributed by atoms with Crippen LogP contribution in [0.5, 0.6) is 0 Å². The van der Waals surface area contributed by atoms with Gasteiger partial charge in [0.1, 0.15) is 6.29 Å². The summed E-state index contributed by atoms with van der Waals surface area (Å²) in [6.45, 7) is 2.60. The molecule has 70 valence electrons. The van der Waals surface area contributed by atoms with Gasteiger partial charge in [-0.3, -0.25) is 4.79 Å². The van der Waals surface area contributed by atoms with E-state index in [1.807, 2.05) is 6.08 Å². The summed E-state index contributed by atoms with van der Waals surface area (Å²) in [5.41, 5.74) is 0.986. The van der Waals surface area contributed by atoms with Crippen LogP contribution in [0.1, 0.15) is 33.1 Å². The Morgan fingerprint density at radius 1 is 1.50 bits per heavy atom. The average molecular weight is 172 g/mol. The molecule has 0 aromatic rings. The molecule has 0 atom stereocenters. The monoisotopic (exact) mass is 172 g/mol. The fourth-order valence-electron chi connectivity index (χ4n) is 0.803. The van der Waals surface area contributed by atoms with E-state index < -0.39 is 5.79 Å². The van der Waals surface area contributed by atoms with Crippen molar-refractivity contribution in [3.8, 4) is 0 Å². The zero-order valence-electron chi connectivity index (χ0n) is 7.58. The topological polar surface area (TPSA) is 57.5 Å². The molecule has 0 bridgehead atoms. The number of rotatable bonds is 1. The SMILES string of the molecule is CC(C)(O)O.O=CC1=CCCC1. The molecule has 1 aliphatic rings. The Morgan fingerprint density at radius 3 is 2.17 bits per heavy atom. The standard InChI is InChI=1S/C6H8O.C3H8O2/c7-5-6-3-1-2-4-6;1-3(2,4)5/h3,5H,1-2,4H2;4-5H,1-2H3. The maximum Gasteiger partial charge on any atom is 0.156 e. The first-order chi connectivity index (χ1) is 5.43. The minimum absolute atomic E-state index is 0.951. The Morgan fingerprint density at radius 2 is 2.00 bits per heavy atom. The van der Waals surface area contributed by atoms with Crippen LogP contribution in [0.3, 0.4) is 0 Å². The first-order valence-electron chi connectivity index (χ1n) is 4.02. The molecule has 0 heterocycles. The van der Waals surface area contributed by atoms with E-state index in [1.165, 1.54) is 20.3 Å². The maximum absolute atomic E-state index is 9.94. The van der Waals surface area contributed by atoms with Crippen molar-refractivity contribution in [2.75, 3.05) is 0 Å². The van der Waals surface area contributed by atoms with Crippen LogP contribution in [0.4, 0.5) is 0 Å². The van der Waals surface area contributed by atoms with Crippen LogP contribution >= 0.6 is 0 Å². The minimum Gasteiger partial charge on any atom is -0.366 e. The molecule has 2 N–H and O–H groups in total. The summed E-state index contributed by atoms with van der Waals surface area (Å²) in [5.74, 6) is -1.50. The highest BCUT2D eigenvalue weighted by Gasteiger charge is 2.00. The third kappa shape index (κ3) is 9.33. The summed E-state index contributed by atoms with van der Waals surface area (Å²) in [6, 6.07) is 0. The number of aldehydes is 1. The quantitative estimate of drug-likeness (QED) is 0.458. The van der Waals surface area contributed by atoms with Crippen molar-refractivity contribution in [3.05, 3.63) is 11.6 Å². The van der Waals surface area contributed by atoms with E-state index in [1.54, 1.807) is 0 Å². The molecule has 12 heavy (non-hydrogen) atoms. The third-order valence-corrected chi connectivity index (χ3v) is 1.23. The molecule has 0 amide bonds. The normalized spacial score (nSPS) is 16.2. The van der Waals surface area contributed by atoms with Gasteiger partial charge in [-0.15, -0.1) is 0 Å². The molecule has 0 aromatic carbocycles. The van der Waals surface area contributed by atoms with Gasteiger partial charge < -0.3 is 10.2 Å². The Bertz CT molecular complexity index is 159. The van der Waals surface area contributed by atoms with Gasteiger partial charge in [-0.2, -0.15) is 0 Å². The van der Waals surface area contributed by atoms with Crippen molar-refractivity contribution in [2.45, 2.75) is 38.9 Å². The molecular formula is C9H16O3. The van der Waals surface area contributed by atoms with Crippen LogP contribution in [0.15, 0.2) is 11.6 Å². The molecule has 0 saturated carbocycles. The Labute approximate surface area is 72.7 Å². The fraction of sp³-hybridized carbons (Fsp3) is 0.667. The first kappa shape index (κ1) is 11.3. The molecule has 0 unspecified atom stereocenters. The van der Waals surface area contributed by atoms with Gasteiger partial charge >= 0.3 is 0 Å². The van der Waals surface area contributed by atoms with E-state index in [2.05, 4.69) is 0 Å². The minimum atomic E-state index is -1.50. The number of allylic oxidation sites excluding steroid dienone is 2. The molecule has 3 heteroatoms. The number of aliphatic hydroxyl groups is 2.